The third-order valence-electron chi connectivity index (χ3n) is 2.98. The van der Waals surface area contributed by atoms with E-state index in [1.807, 2.05) is 0 Å². The van der Waals surface area contributed by atoms with Crippen LogP contribution in [0.1, 0.15) is 24.5 Å². The van der Waals surface area contributed by atoms with E-state index in [-0.39, 0.29) is 5.41 Å². The van der Waals surface area contributed by atoms with E-state index in [2.05, 4.69) is 38.1 Å². The average Bonchev–Trinajstić information content (AvgIpc) is 2.61. The SMILES string of the molecule is Cc1cccc([C@@]2(C)C[C@@H]2N)c1. The van der Waals surface area contributed by atoms with Gasteiger partial charge in [-0.3, -0.25) is 0 Å². The van der Waals surface area contributed by atoms with Gasteiger partial charge in [0, 0.05) is 11.5 Å². The molecule has 0 spiro atoms. The minimum Gasteiger partial charge on any atom is -0.327 e. The number of benzene rings is 1. The van der Waals surface area contributed by atoms with Crippen LogP contribution < -0.4 is 5.73 Å². The first kappa shape index (κ1) is 7.81. The summed E-state index contributed by atoms with van der Waals surface area (Å²) in [6.07, 6.45) is 1.14. The molecule has 0 amide bonds. The number of nitrogens with two attached hydrogens (primary N) is 1. The van der Waals surface area contributed by atoms with Crippen LogP contribution in [-0.4, -0.2) is 6.04 Å². The third kappa shape index (κ3) is 1.05. The van der Waals surface area contributed by atoms with E-state index in [4.69, 9.17) is 5.73 Å². The van der Waals surface area contributed by atoms with Crippen LogP contribution in [0.25, 0.3) is 0 Å². The summed E-state index contributed by atoms with van der Waals surface area (Å²) in [6, 6.07) is 9.04. The summed E-state index contributed by atoms with van der Waals surface area (Å²) in [7, 11) is 0. The Bertz CT molecular complexity index is 306. The summed E-state index contributed by atoms with van der Waals surface area (Å²) in [5.74, 6) is 0. The molecule has 1 heteroatoms. The number of rotatable bonds is 1. The molecule has 0 aromatic heterocycles. The molecule has 0 saturated heterocycles. The Morgan fingerprint density at radius 1 is 1.50 bits per heavy atom. The van der Waals surface area contributed by atoms with E-state index in [1.54, 1.807) is 0 Å². The highest BCUT2D eigenvalue weighted by Gasteiger charge is 2.48. The highest BCUT2D eigenvalue weighted by atomic mass is 14.8. The monoisotopic (exact) mass is 161 g/mol. The molecular formula is C11H15N. The fraction of sp³-hybridized carbons (Fsp3) is 0.455. The zero-order valence-corrected chi connectivity index (χ0v) is 7.67. The highest BCUT2D eigenvalue weighted by Crippen LogP contribution is 2.46. The Kier molecular flexibility index (Phi) is 1.52. The molecule has 12 heavy (non-hydrogen) atoms. The van der Waals surface area contributed by atoms with Crippen molar-refractivity contribution in [3.8, 4) is 0 Å². The Labute approximate surface area is 73.6 Å². The lowest BCUT2D eigenvalue weighted by atomic mass is 9.96. The lowest BCUT2D eigenvalue weighted by Crippen LogP contribution is -2.14. The minimum atomic E-state index is 0.270. The molecule has 1 aromatic carbocycles. The Morgan fingerprint density at radius 2 is 2.17 bits per heavy atom. The topological polar surface area (TPSA) is 26.0 Å². The molecule has 0 unspecified atom stereocenters. The van der Waals surface area contributed by atoms with Gasteiger partial charge in [-0.15, -0.1) is 0 Å². The molecule has 1 aromatic rings. The largest absolute Gasteiger partial charge is 0.327 e. The second kappa shape index (κ2) is 2.33. The van der Waals surface area contributed by atoms with E-state index >= 15 is 0 Å². The summed E-state index contributed by atoms with van der Waals surface area (Å²) in [6.45, 7) is 4.37. The molecular weight excluding hydrogens is 146 g/mol. The zero-order chi connectivity index (χ0) is 8.77. The van der Waals surface area contributed by atoms with Crippen molar-refractivity contribution in [3.63, 3.8) is 0 Å². The predicted molar refractivity (Wildman–Crippen MR) is 51.1 cm³/mol. The quantitative estimate of drug-likeness (QED) is 0.669. The molecule has 64 valence electrons. The van der Waals surface area contributed by atoms with Gasteiger partial charge >= 0.3 is 0 Å². The van der Waals surface area contributed by atoms with Crippen molar-refractivity contribution in [2.24, 2.45) is 5.73 Å². The average molecular weight is 161 g/mol. The van der Waals surface area contributed by atoms with E-state index in [9.17, 15) is 0 Å². The molecule has 2 rings (SSSR count). The molecule has 1 aliphatic rings. The van der Waals surface area contributed by atoms with Gasteiger partial charge in [0.15, 0.2) is 0 Å². The van der Waals surface area contributed by atoms with Crippen LogP contribution in [0, 0.1) is 6.92 Å². The molecule has 0 bridgehead atoms. The van der Waals surface area contributed by atoms with Crippen molar-refractivity contribution in [1.29, 1.82) is 0 Å². The molecule has 0 radical (unpaired) electrons. The zero-order valence-electron chi connectivity index (χ0n) is 7.67. The highest BCUT2D eigenvalue weighted by molar-refractivity contribution is 5.36. The minimum absolute atomic E-state index is 0.270. The van der Waals surface area contributed by atoms with Crippen LogP contribution in [0.3, 0.4) is 0 Å². The maximum atomic E-state index is 5.88. The van der Waals surface area contributed by atoms with Gasteiger partial charge in [-0.25, -0.2) is 0 Å². The summed E-state index contributed by atoms with van der Waals surface area (Å²) in [4.78, 5) is 0. The van der Waals surface area contributed by atoms with Crippen molar-refractivity contribution in [2.75, 3.05) is 0 Å². The van der Waals surface area contributed by atoms with Crippen molar-refractivity contribution in [2.45, 2.75) is 31.7 Å². The van der Waals surface area contributed by atoms with Crippen molar-refractivity contribution >= 4 is 0 Å². The Morgan fingerprint density at radius 3 is 2.67 bits per heavy atom. The summed E-state index contributed by atoms with van der Waals surface area (Å²) < 4.78 is 0. The van der Waals surface area contributed by atoms with Crippen LogP contribution >= 0.6 is 0 Å². The van der Waals surface area contributed by atoms with Gasteiger partial charge in [-0.2, -0.15) is 0 Å². The smallest absolute Gasteiger partial charge is 0.0143 e. The van der Waals surface area contributed by atoms with E-state index in [0.29, 0.717) is 6.04 Å². The fourth-order valence-electron chi connectivity index (χ4n) is 1.73. The maximum Gasteiger partial charge on any atom is 0.0143 e. The van der Waals surface area contributed by atoms with Gasteiger partial charge in [0.2, 0.25) is 0 Å². The van der Waals surface area contributed by atoms with Crippen molar-refractivity contribution in [1.82, 2.24) is 0 Å². The first-order valence-electron chi connectivity index (χ1n) is 4.46. The molecule has 2 atom stereocenters. The number of hydrogen-bond acceptors (Lipinski definition) is 1. The Hall–Kier alpha value is -0.820. The second-order valence-electron chi connectivity index (χ2n) is 4.10. The third-order valence-corrected chi connectivity index (χ3v) is 2.98. The number of hydrogen-bond donors (Lipinski definition) is 1. The lowest BCUT2D eigenvalue weighted by molar-refractivity contribution is 0.740. The van der Waals surface area contributed by atoms with Gasteiger partial charge in [-0.1, -0.05) is 36.8 Å². The molecule has 0 aliphatic heterocycles. The maximum absolute atomic E-state index is 5.88. The number of aryl methyl sites for hydroxylation is 1. The molecule has 1 saturated carbocycles. The van der Waals surface area contributed by atoms with Crippen LogP contribution in [-0.2, 0) is 5.41 Å². The van der Waals surface area contributed by atoms with Crippen LogP contribution in [0.15, 0.2) is 24.3 Å². The Balaban J connectivity index is 2.36. The molecule has 2 N–H and O–H groups in total. The molecule has 1 fully saturated rings. The fourth-order valence-corrected chi connectivity index (χ4v) is 1.73. The summed E-state index contributed by atoms with van der Waals surface area (Å²) in [5, 5.41) is 0. The van der Waals surface area contributed by atoms with Crippen LogP contribution in [0.4, 0.5) is 0 Å². The standard InChI is InChI=1S/C11H15N/c1-8-4-3-5-9(6-8)11(2)7-10(11)12/h3-6,10H,7,12H2,1-2H3/t10-,11+/m0/s1. The molecule has 0 heterocycles. The molecule has 1 aliphatic carbocycles. The molecule has 1 nitrogen and oxygen atoms in total. The van der Waals surface area contributed by atoms with Crippen molar-refractivity contribution in [3.05, 3.63) is 35.4 Å². The van der Waals surface area contributed by atoms with E-state index in [1.165, 1.54) is 11.1 Å². The second-order valence-corrected chi connectivity index (χ2v) is 4.10. The summed E-state index contributed by atoms with van der Waals surface area (Å²) >= 11 is 0. The first-order chi connectivity index (χ1) is 5.63. The summed E-state index contributed by atoms with van der Waals surface area (Å²) in [5.41, 5.74) is 8.88. The predicted octanol–water partition coefficient (Wildman–Crippen LogP) is 1.98. The van der Waals surface area contributed by atoms with Gasteiger partial charge in [0.25, 0.3) is 0 Å². The van der Waals surface area contributed by atoms with Crippen LogP contribution in [0.2, 0.25) is 0 Å². The van der Waals surface area contributed by atoms with Gasteiger partial charge in [0.05, 0.1) is 0 Å². The van der Waals surface area contributed by atoms with E-state index < -0.39 is 0 Å². The normalized spacial score (nSPS) is 33.4. The lowest BCUT2D eigenvalue weighted by Gasteiger charge is -2.10. The van der Waals surface area contributed by atoms with Gasteiger partial charge < -0.3 is 5.73 Å². The van der Waals surface area contributed by atoms with Crippen molar-refractivity contribution < 1.29 is 0 Å². The van der Waals surface area contributed by atoms with Crippen LogP contribution in [0.5, 0.6) is 0 Å². The van der Waals surface area contributed by atoms with Gasteiger partial charge in [-0.05, 0) is 18.9 Å². The van der Waals surface area contributed by atoms with E-state index in [0.717, 1.165) is 6.42 Å². The first-order valence-corrected chi connectivity index (χ1v) is 4.46. The van der Waals surface area contributed by atoms with Gasteiger partial charge in [0.1, 0.15) is 0 Å².